The Morgan fingerprint density at radius 1 is 1.05 bits per heavy atom. The van der Waals surface area contributed by atoms with Gasteiger partial charge in [-0.3, -0.25) is 4.79 Å². The monoisotopic (exact) mass is 300 g/mol. The standard InChI is InChI=1S/C17H20N2OS/c18-16(13-14-7-3-1-4-8-14)17(20)19-11-12-21-15-9-5-2-6-10-15/h1-10,16H,11-13,18H2,(H,19,20). The predicted octanol–water partition coefficient (Wildman–Crippen LogP) is 2.46. The van der Waals surface area contributed by atoms with Crippen LogP contribution in [-0.4, -0.2) is 24.2 Å². The van der Waals surface area contributed by atoms with Gasteiger partial charge in [0.2, 0.25) is 5.91 Å². The highest BCUT2D eigenvalue weighted by atomic mass is 32.2. The number of nitrogens with two attached hydrogens (primary N) is 1. The first kappa shape index (κ1) is 15.6. The zero-order valence-electron chi connectivity index (χ0n) is 11.9. The third kappa shape index (κ3) is 5.61. The summed E-state index contributed by atoms with van der Waals surface area (Å²) in [7, 11) is 0. The van der Waals surface area contributed by atoms with Crippen molar-refractivity contribution in [2.45, 2.75) is 17.4 Å². The van der Waals surface area contributed by atoms with Crippen molar-refractivity contribution in [3.63, 3.8) is 0 Å². The summed E-state index contributed by atoms with van der Waals surface area (Å²) in [5.41, 5.74) is 7.01. The van der Waals surface area contributed by atoms with Crippen LogP contribution < -0.4 is 11.1 Å². The molecule has 0 radical (unpaired) electrons. The summed E-state index contributed by atoms with van der Waals surface area (Å²) in [5, 5.41) is 2.89. The molecule has 4 heteroatoms. The summed E-state index contributed by atoms with van der Waals surface area (Å²) in [6, 6.07) is 19.5. The van der Waals surface area contributed by atoms with Gasteiger partial charge >= 0.3 is 0 Å². The van der Waals surface area contributed by atoms with E-state index in [4.69, 9.17) is 5.73 Å². The maximum Gasteiger partial charge on any atom is 0.237 e. The molecule has 0 bridgehead atoms. The van der Waals surface area contributed by atoms with Crippen LogP contribution in [0.25, 0.3) is 0 Å². The van der Waals surface area contributed by atoms with Crippen molar-refractivity contribution < 1.29 is 4.79 Å². The van der Waals surface area contributed by atoms with Crippen molar-refractivity contribution in [2.24, 2.45) is 5.73 Å². The summed E-state index contributed by atoms with van der Waals surface area (Å²) in [6.07, 6.45) is 0.568. The van der Waals surface area contributed by atoms with Gasteiger partial charge in [0.15, 0.2) is 0 Å². The van der Waals surface area contributed by atoms with Crippen molar-refractivity contribution in [1.29, 1.82) is 0 Å². The Morgan fingerprint density at radius 2 is 1.67 bits per heavy atom. The molecule has 1 unspecified atom stereocenters. The maximum atomic E-state index is 11.9. The van der Waals surface area contributed by atoms with Crippen LogP contribution >= 0.6 is 11.8 Å². The van der Waals surface area contributed by atoms with Crippen molar-refractivity contribution in [3.8, 4) is 0 Å². The first-order valence-corrected chi connectivity index (χ1v) is 7.99. The highest BCUT2D eigenvalue weighted by molar-refractivity contribution is 7.99. The number of thioether (sulfide) groups is 1. The molecule has 21 heavy (non-hydrogen) atoms. The van der Waals surface area contributed by atoms with Crippen molar-refractivity contribution >= 4 is 17.7 Å². The Hall–Kier alpha value is -1.78. The van der Waals surface area contributed by atoms with E-state index in [0.29, 0.717) is 13.0 Å². The highest BCUT2D eigenvalue weighted by Gasteiger charge is 2.13. The summed E-state index contributed by atoms with van der Waals surface area (Å²) in [4.78, 5) is 13.1. The fraction of sp³-hybridized carbons (Fsp3) is 0.235. The third-order valence-corrected chi connectivity index (χ3v) is 4.06. The molecule has 0 aliphatic rings. The van der Waals surface area contributed by atoms with Gasteiger partial charge in [0, 0.05) is 17.2 Å². The summed E-state index contributed by atoms with van der Waals surface area (Å²) in [6.45, 7) is 0.626. The van der Waals surface area contributed by atoms with Crippen LogP contribution in [0, 0.1) is 0 Å². The lowest BCUT2D eigenvalue weighted by Gasteiger charge is -2.12. The minimum Gasteiger partial charge on any atom is -0.354 e. The smallest absolute Gasteiger partial charge is 0.237 e. The van der Waals surface area contributed by atoms with Crippen molar-refractivity contribution in [2.75, 3.05) is 12.3 Å². The second kappa shape index (κ2) is 8.49. The molecule has 0 aromatic heterocycles. The molecule has 0 aliphatic carbocycles. The van der Waals surface area contributed by atoms with Crippen molar-refractivity contribution in [1.82, 2.24) is 5.32 Å². The Labute approximate surface area is 129 Å². The molecule has 3 N–H and O–H groups in total. The van der Waals surface area contributed by atoms with E-state index >= 15 is 0 Å². The van der Waals surface area contributed by atoms with Crippen LogP contribution in [0.3, 0.4) is 0 Å². The number of hydrogen-bond acceptors (Lipinski definition) is 3. The second-order valence-electron chi connectivity index (χ2n) is 4.75. The minimum absolute atomic E-state index is 0.0903. The van der Waals surface area contributed by atoms with E-state index in [0.717, 1.165) is 11.3 Å². The molecule has 3 nitrogen and oxygen atoms in total. The predicted molar refractivity (Wildman–Crippen MR) is 88.3 cm³/mol. The molecule has 0 spiro atoms. The van der Waals surface area contributed by atoms with E-state index in [1.54, 1.807) is 11.8 Å². The Kier molecular flexibility index (Phi) is 6.31. The van der Waals surface area contributed by atoms with Gasteiger partial charge in [0.05, 0.1) is 6.04 Å². The fourth-order valence-electron chi connectivity index (χ4n) is 1.95. The molecule has 1 atom stereocenters. The van der Waals surface area contributed by atoms with Crippen molar-refractivity contribution in [3.05, 3.63) is 66.2 Å². The lowest BCUT2D eigenvalue weighted by atomic mass is 10.1. The van der Waals surface area contributed by atoms with Crippen LogP contribution in [0.1, 0.15) is 5.56 Å². The van der Waals surface area contributed by atoms with E-state index in [1.807, 2.05) is 48.5 Å². The average Bonchev–Trinajstić information content (AvgIpc) is 2.53. The van der Waals surface area contributed by atoms with Gasteiger partial charge in [-0.2, -0.15) is 0 Å². The lowest BCUT2D eigenvalue weighted by molar-refractivity contribution is -0.122. The number of amides is 1. The number of carbonyl (C=O) groups excluding carboxylic acids is 1. The Morgan fingerprint density at radius 3 is 2.33 bits per heavy atom. The highest BCUT2D eigenvalue weighted by Crippen LogP contribution is 2.15. The van der Waals surface area contributed by atoms with Gasteiger partial charge < -0.3 is 11.1 Å². The Balaban J connectivity index is 1.67. The van der Waals surface area contributed by atoms with Gasteiger partial charge in [0.1, 0.15) is 0 Å². The molecule has 1 amide bonds. The molecule has 0 heterocycles. The number of nitrogens with one attached hydrogen (secondary N) is 1. The van der Waals surface area contributed by atoms with Gasteiger partial charge in [-0.25, -0.2) is 0 Å². The quantitative estimate of drug-likeness (QED) is 0.610. The molecule has 2 aromatic carbocycles. The fourth-order valence-corrected chi connectivity index (χ4v) is 2.74. The molecule has 2 aromatic rings. The maximum absolute atomic E-state index is 11.9. The number of hydrogen-bond donors (Lipinski definition) is 2. The largest absolute Gasteiger partial charge is 0.354 e. The summed E-state index contributed by atoms with van der Waals surface area (Å²) in [5.74, 6) is 0.751. The summed E-state index contributed by atoms with van der Waals surface area (Å²) >= 11 is 1.72. The van der Waals surface area contributed by atoms with E-state index in [1.165, 1.54) is 4.90 Å². The normalized spacial score (nSPS) is 11.9. The van der Waals surface area contributed by atoms with Crippen LogP contribution in [0.4, 0.5) is 0 Å². The van der Waals surface area contributed by atoms with Gasteiger partial charge in [0.25, 0.3) is 0 Å². The molecule has 0 saturated heterocycles. The van der Waals surface area contributed by atoms with Gasteiger partial charge in [-0.1, -0.05) is 48.5 Å². The topological polar surface area (TPSA) is 55.1 Å². The molecule has 0 saturated carbocycles. The van der Waals surface area contributed by atoms with E-state index in [-0.39, 0.29) is 5.91 Å². The second-order valence-corrected chi connectivity index (χ2v) is 5.92. The van der Waals surface area contributed by atoms with Gasteiger partial charge in [-0.15, -0.1) is 11.8 Å². The van der Waals surface area contributed by atoms with Crippen LogP contribution in [0.2, 0.25) is 0 Å². The first-order chi connectivity index (χ1) is 10.3. The zero-order chi connectivity index (χ0) is 14.9. The SMILES string of the molecule is NC(Cc1ccccc1)C(=O)NCCSc1ccccc1. The molecular formula is C17H20N2OS. The van der Waals surface area contributed by atoms with E-state index in [2.05, 4.69) is 17.4 Å². The van der Waals surface area contributed by atoms with E-state index < -0.39 is 6.04 Å². The van der Waals surface area contributed by atoms with Crippen LogP contribution in [0.5, 0.6) is 0 Å². The van der Waals surface area contributed by atoms with Gasteiger partial charge in [-0.05, 0) is 24.1 Å². The molecule has 110 valence electrons. The minimum atomic E-state index is -0.492. The molecular weight excluding hydrogens is 280 g/mol. The Bertz CT molecular complexity index is 545. The molecule has 0 fully saturated rings. The zero-order valence-corrected chi connectivity index (χ0v) is 12.7. The summed E-state index contributed by atoms with van der Waals surface area (Å²) < 4.78 is 0. The molecule has 0 aliphatic heterocycles. The first-order valence-electron chi connectivity index (χ1n) is 7.01. The van der Waals surface area contributed by atoms with Crippen LogP contribution in [-0.2, 0) is 11.2 Å². The lowest BCUT2D eigenvalue weighted by Crippen LogP contribution is -2.42. The third-order valence-electron chi connectivity index (χ3n) is 3.05. The average molecular weight is 300 g/mol. The number of carbonyl (C=O) groups is 1. The van der Waals surface area contributed by atoms with Crippen LogP contribution in [0.15, 0.2) is 65.6 Å². The van der Waals surface area contributed by atoms with E-state index in [9.17, 15) is 4.79 Å². The molecule has 2 rings (SSSR count). The number of rotatable bonds is 7. The number of benzene rings is 2.